The van der Waals surface area contributed by atoms with E-state index in [2.05, 4.69) is 19.1 Å². The number of carbonyl (C=O) groups excluding carboxylic acids is 1. The number of hydrogen-bond donors (Lipinski definition) is 1. The van der Waals surface area contributed by atoms with Crippen molar-refractivity contribution in [3.05, 3.63) is 21.9 Å². The Bertz CT molecular complexity index is 377. The molecule has 1 aliphatic rings. The van der Waals surface area contributed by atoms with Crippen molar-refractivity contribution in [3.8, 4) is 0 Å². The lowest BCUT2D eigenvalue weighted by Gasteiger charge is -2.24. The monoisotopic (exact) mass is 251 g/mol. The Morgan fingerprint density at radius 1 is 1.29 bits per heavy atom. The van der Waals surface area contributed by atoms with Gasteiger partial charge in [0.15, 0.2) is 0 Å². The first kappa shape index (κ1) is 12.8. The number of nitrogens with two attached hydrogens (primary N) is 1. The fourth-order valence-electron chi connectivity index (χ4n) is 2.46. The molecule has 17 heavy (non-hydrogen) atoms. The Labute approximate surface area is 107 Å². The van der Waals surface area contributed by atoms with Crippen LogP contribution in [0.15, 0.2) is 12.1 Å². The van der Waals surface area contributed by atoms with Crippen LogP contribution in [0, 0.1) is 5.92 Å². The Kier molecular flexibility index (Phi) is 4.35. The highest BCUT2D eigenvalue weighted by Gasteiger charge is 2.24. The topological polar surface area (TPSA) is 43.1 Å². The number of carbonyl (C=O) groups is 1. The molecular formula is C14H21NOS. The van der Waals surface area contributed by atoms with Crippen molar-refractivity contribution in [2.24, 2.45) is 11.7 Å². The second kappa shape index (κ2) is 5.78. The van der Waals surface area contributed by atoms with Crippen molar-refractivity contribution in [2.45, 2.75) is 51.5 Å². The zero-order valence-electron chi connectivity index (χ0n) is 10.4. The summed E-state index contributed by atoms with van der Waals surface area (Å²) in [7, 11) is 0. The largest absolute Gasteiger partial charge is 0.328 e. The van der Waals surface area contributed by atoms with Crippen LogP contribution in [0.3, 0.4) is 0 Å². The maximum atomic E-state index is 12.1. The third-order valence-electron chi connectivity index (χ3n) is 3.64. The molecular weight excluding hydrogens is 230 g/mol. The predicted molar refractivity (Wildman–Crippen MR) is 72.3 cm³/mol. The molecule has 1 aromatic rings. The van der Waals surface area contributed by atoms with Crippen LogP contribution in [0.2, 0.25) is 0 Å². The number of thiophene rings is 1. The summed E-state index contributed by atoms with van der Waals surface area (Å²) in [5, 5.41) is 0. The average molecular weight is 251 g/mol. The van der Waals surface area contributed by atoms with Gasteiger partial charge < -0.3 is 5.73 Å². The zero-order valence-corrected chi connectivity index (χ0v) is 11.3. The van der Waals surface area contributed by atoms with Gasteiger partial charge in [0, 0.05) is 28.1 Å². The molecule has 1 aliphatic carbocycles. The minimum atomic E-state index is 0.266. The van der Waals surface area contributed by atoms with Gasteiger partial charge in [-0.15, -0.1) is 11.3 Å². The Hall–Kier alpha value is -0.670. The first-order valence-electron chi connectivity index (χ1n) is 6.55. The molecule has 2 N–H and O–H groups in total. The maximum absolute atomic E-state index is 12.1. The van der Waals surface area contributed by atoms with Crippen LogP contribution in [0.1, 0.15) is 42.4 Å². The van der Waals surface area contributed by atoms with Crippen molar-refractivity contribution >= 4 is 17.1 Å². The van der Waals surface area contributed by atoms with Crippen LogP contribution < -0.4 is 5.73 Å². The van der Waals surface area contributed by atoms with E-state index in [1.807, 2.05) is 0 Å². The Morgan fingerprint density at radius 2 is 1.94 bits per heavy atom. The van der Waals surface area contributed by atoms with Gasteiger partial charge in [-0.2, -0.15) is 0 Å². The summed E-state index contributed by atoms with van der Waals surface area (Å²) >= 11 is 1.78. The third kappa shape index (κ3) is 3.39. The minimum absolute atomic E-state index is 0.266. The van der Waals surface area contributed by atoms with Crippen LogP contribution in [0.4, 0.5) is 0 Å². The van der Waals surface area contributed by atoms with Crippen molar-refractivity contribution in [2.75, 3.05) is 0 Å². The lowest BCUT2D eigenvalue weighted by molar-refractivity contribution is -0.123. The van der Waals surface area contributed by atoms with Crippen LogP contribution in [-0.4, -0.2) is 11.8 Å². The van der Waals surface area contributed by atoms with Crippen molar-refractivity contribution in [1.82, 2.24) is 0 Å². The highest BCUT2D eigenvalue weighted by Crippen LogP contribution is 2.26. The quantitative estimate of drug-likeness (QED) is 0.894. The zero-order chi connectivity index (χ0) is 12.3. The summed E-state index contributed by atoms with van der Waals surface area (Å²) in [5.41, 5.74) is 5.86. The lowest BCUT2D eigenvalue weighted by Crippen LogP contribution is -2.30. The number of Topliss-reactive ketones (excluding diaryl/α,β-unsaturated/α-hetero) is 1. The average Bonchev–Trinajstić information content (AvgIpc) is 2.77. The third-order valence-corrected chi connectivity index (χ3v) is 4.87. The molecule has 1 aromatic heterocycles. The minimum Gasteiger partial charge on any atom is -0.328 e. The number of rotatable bonds is 4. The lowest BCUT2D eigenvalue weighted by atomic mass is 9.83. The SMILES string of the molecule is CCc1ccc(CC(=O)C2CCC(N)CC2)s1. The Morgan fingerprint density at radius 3 is 2.53 bits per heavy atom. The summed E-state index contributed by atoms with van der Waals surface area (Å²) in [5.74, 6) is 0.684. The molecule has 94 valence electrons. The van der Waals surface area contributed by atoms with Crippen LogP contribution in [0.5, 0.6) is 0 Å². The number of aryl methyl sites for hydroxylation is 1. The molecule has 1 heterocycles. The summed E-state index contributed by atoms with van der Waals surface area (Å²) in [6.45, 7) is 2.15. The van der Waals surface area contributed by atoms with Gasteiger partial charge in [-0.1, -0.05) is 6.92 Å². The smallest absolute Gasteiger partial charge is 0.141 e. The van der Waals surface area contributed by atoms with E-state index in [0.29, 0.717) is 18.2 Å². The standard InChI is InChI=1S/C14H21NOS/c1-2-12-7-8-13(17-12)9-14(16)10-3-5-11(15)6-4-10/h7-8,10-11H,2-6,9,15H2,1H3. The molecule has 2 rings (SSSR count). The first-order chi connectivity index (χ1) is 8.19. The highest BCUT2D eigenvalue weighted by molar-refractivity contribution is 7.12. The molecule has 1 saturated carbocycles. The Balaban J connectivity index is 1.88. The fourth-order valence-corrected chi connectivity index (χ4v) is 3.43. The summed E-state index contributed by atoms with van der Waals surface area (Å²) in [4.78, 5) is 14.7. The van der Waals surface area contributed by atoms with E-state index in [0.717, 1.165) is 32.1 Å². The molecule has 2 nitrogen and oxygen atoms in total. The number of ketones is 1. The van der Waals surface area contributed by atoms with Crippen LogP contribution >= 0.6 is 11.3 Å². The van der Waals surface area contributed by atoms with E-state index >= 15 is 0 Å². The van der Waals surface area contributed by atoms with E-state index < -0.39 is 0 Å². The first-order valence-corrected chi connectivity index (χ1v) is 7.36. The fraction of sp³-hybridized carbons (Fsp3) is 0.643. The molecule has 0 saturated heterocycles. The molecule has 1 fully saturated rings. The molecule has 0 radical (unpaired) electrons. The van der Waals surface area contributed by atoms with Crippen LogP contribution in [0.25, 0.3) is 0 Å². The molecule has 0 bridgehead atoms. The van der Waals surface area contributed by atoms with Crippen LogP contribution in [-0.2, 0) is 17.6 Å². The normalized spacial score (nSPS) is 24.8. The molecule has 0 aliphatic heterocycles. The van der Waals surface area contributed by atoms with E-state index in [-0.39, 0.29) is 5.92 Å². The van der Waals surface area contributed by atoms with Crippen molar-refractivity contribution in [3.63, 3.8) is 0 Å². The van der Waals surface area contributed by atoms with E-state index in [1.54, 1.807) is 11.3 Å². The second-order valence-corrected chi connectivity index (χ2v) is 6.23. The van der Waals surface area contributed by atoms with E-state index in [4.69, 9.17) is 5.73 Å². The van der Waals surface area contributed by atoms with Gasteiger partial charge in [-0.05, 0) is 44.2 Å². The molecule has 0 amide bonds. The summed E-state index contributed by atoms with van der Waals surface area (Å²) < 4.78 is 0. The van der Waals surface area contributed by atoms with Gasteiger partial charge in [-0.25, -0.2) is 0 Å². The molecule has 0 atom stereocenters. The van der Waals surface area contributed by atoms with Gasteiger partial charge in [0.05, 0.1) is 0 Å². The van der Waals surface area contributed by atoms with Gasteiger partial charge in [0.25, 0.3) is 0 Å². The molecule has 0 spiro atoms. The maximum Gasteiger partial charge on any atom is 0.141 e. The highest BCUT2D eigenvalue weighted by atomic mass is 32.1. The molecule has 3 heteroatoms. The van der Waals surface area contributed by atoms with Crippen molar-refractivity contribution in [1.29, 1.82) is 0 Å². The van der Waals surface area contributed by atoms with Gasteiger partial charge in [0.2, 0.25) is 0 Å². The predicted octanol–water partition coefficient (Wildman–Crippen LogP) is 2.94. The van der Waals surface area contributed by atoms with Gasteiger partial charge >= 0.3 is 0 Å². The molecule has 0 aromatic carbocycles. The summed E-state index contributed by atoms with van der Waals surface area (Å²) in [6.07, 6.45) is 5.71. The van der Waals surface area contributed by atoms with Gasteiger partial charge in [0.1, 0.15) is 5.78 Å². The van der Waals surface area contributed by atoms with Gasteiger partial charge in [-0.3, -0.25) is 4.79 Å². The van der Waals surface area contributed by atoms with Crippen molar-refractivity contribution < 1.29 is 4.79 Å². The van der Waals surface area contributed by atoms with E-state index in [1.165, 1.54) is 9.75 Å². The van der Waals surface area contributed by atoms with E-state index in [9.17, 15) is 4.79 Å². The number of hydrogen-bond acceptors (Lipinski definition) is 3. The molecule has 0 unspecified atom stereocenters. The summed E-state index contributed by atoms with van der Waals surface area (Å²) in [6, 6.07) is 4.58. The second-order valence-electron chi connectivity index (χ2n) is 4.98.